The van der Waals surface area contributed by atoms with Crippen LogP contribution in [-0.4, -0.2) is 55.5 Å². The summed E-state index contributed by atoms with van der Waals surface area (Å²) in [7, 11) is -3.91. The lowest BCUT2D eigenvalue weighted by atomic mass is 9.89. The number of rotatable bonds is 5. The number of carbonyl (C=O) groups is 1. The molecule has 0 spiro atoms. The third-order valence-corrected chi connectivity index (χ3v) is 9.56. The van der Waals surface area contributed by atoms with Crippen molar-refractivity contribution in [3.8, 4) is 0 Å². The minimum atomic E-state index is -3.91. The van der Waals surface area contributed by atoms with Crippen LogP contribution in [0.5, 0.6) is 0 Å². The molecule has 1 fully saturated rings. The fourth-order valence-electron chi connectivity index (χ4n) is 5.01. The second-order valence-corrected chi connectivity index (χ2v) is 12.7. The average Bonchev–Trinajstić information content (AvgIpc) is 3.21. The lowest BCUT2D eigenvalue weighted by Gasteiger charge is -2.35. The number of aromatic nitrogens is 2. The molecule has 0 bridgehead atoms. The highest BCUT2D eigenvalue weighted by atomic mass is 32.2. The van der Waals surface area contributed by atoms with Crippen molar-refractivity contribution < 1.29 is 13.2 Å². The molecule has 1 N–H and O–H groups in total. The monoisotopic (exact) mass is 527 g/mol. The molecule has 1 atom stereocenters. The van der Waals surface area contributed by atoms with Crippen LogP contribution in [0.4, 0.5) is 10.6 Å². The minimum absolute atomic E-state index is 0.0865. The number of urea groups is 1. The van der Waals surface area contributed by atoms with Crippen molar-refractivity contribution in [1.82, 2.24) is 19.6 Å². The summed E-state index contributed by atoms with van der Waals surface area (Å²) in [6.07, 6.45) is 5.15. The van der Waals surface area contributed by atoms with E-state index in [1.54, 1.807) is 17.0 Å². The van der Waals surface area contributed by atoms with E-state index in [0.717, 1.165) is 47.7 Å². The molecule has 1 aromatic carbocycles. The van der Waals surface area contributed by atoms with Crippen LogP contribution < -0.4 is 9.62 Å². The molecule has 0 radical (unpaired) electrons. The average molecular weight is 528 g/mol. The molecule has 3 heterocycles. The van der Waals surface area contributed by atoms with E-state index in [-0.39, 0.29) is 4.90 Å². The molecular formula is C26H33N5O3S2. The number of hydrogen-bond donors (Lipinski definition) is 1. The number of benzene rings is 1. The Labute approximate surface area is 216 Å². The quantitative estimate of drug-likeness (QED) is 0.532. The summed E-state index contributed by atoms with van der Waals surface area (Å²) in [4.78, 5) is 29.1. The molecule has 1 aliphatic heterocycles. The molecule has 2 amide bonds. The van der Waals surface area contributed by atoms with E-state index in [1.165, 1.54) is 34.4 Å². The molecule has 36 heavy (non-hydrogen) atoms. The van der Waals surface area contributed by atoms with Crippen LogP contribution in [-0.2, 0) is 29.3 Å². The van der Waals surface area contributed by atoms with Gasteiger partial charge in [0.2, 0.25) is 0 Å². The summed E-state index contributed by atoms with van der Waals surface area (Å²) in [5.41, 5.74) is 2.36. The first-order valence-corrected chi connectivity index (χ1v) is 15.0. The zero-order valence-corrected chi connectivity index (χ0v) is 22.7. The maximum Gasteiger partial charge on any atom is 0.331 e. The van der Waals surface area contributed by atoms with Gasteiger partial charge >= 0.3 is 6.03 Å². The van der Waals surface area contributed by atoms with E-state index in [9.17, 15) is 13.2 Å². The summed E-state index contributed by atoms with van der Waals surface area (Å²) in [5.74, 6) is 2.54. The first kappa shape index (κ1) is 25.0. The van der Waals surface area contributed by atoms with Gasteiger partial charge in [-0.1, -0.05) is 31.5 Å². The summed E-state index contributed by atoms with van der Waals surface area (Å²) < 4.78 is 27.6. The van der Waals surface area contributed by atoms with Gasteiger partial charge in [0.1, 0.15) is 16.5 Å². The number of sulfonamides is 1. The molecule has 5 rings (SSSR count). The van der Waals surface area contributed by atoms with Gasteiger partial charge in [-0.05, 0) is 56.2 Å². The van der Waals surface area contributed by atoms with E-state index >= 15 is 0 Å². The number of nitrogens with zero attached hydrogens (tertiary/aromatic N) is 4. The Balaban J connectivity index is 1.34. The van der Waals surface area contributed by atoms with Gasteiger partial charge in [0.15, 0.2) is 0 Å². The van der Waals surface area contributed by atoms with Gasteiger partial charge in [-0.15, -0.1) is 11.3 Å². The largest absolute Gasteiger partial charge is 0.352 e. The number of aryl methyl sites for hydroxylation is 3. The Bertz CT molecular complexity index is 1380. The summed E-state index contributed by atoms with van der Waals surface area (Å²) in [6.45, 7) is 8.37. The van der Waals surface area contributed by atoms with Crippen LogP contribution in [0.2, 0.25) is 0 Å². The maximum atomic E-state index is 12.8. The van der Waals surface area contributed by atoms with Crippen LogP contribution in [0.3, 0.4) is 0 Å². The highest BCUT2D eigenvalue weighted by molar-refractivity contribution is 7.90. The molecule has 1 saturated heterocycles. The van der Waals surface area contributed by atoms with Crippen molar-refractivity contribution in [1.29, 1.82) is 0 Å². The van der Waals surface area contributed by atoms with E-state index in [1.807, 2.05) is 18.3 Å². The van der Waals surface area contributed by atoms with Gasteiger partial charge in [0.05, 0.1) is 10.3 Å². The molecule has 0 saturated carbocycles. The third-order valence-electron chi connectivity index (χ3n) is 7.08. The normalized spacial score (nSPS) is 18.4. The number of hydrogen-bond acceptors (Lipinski definition) is 7. The van der Waals surface area contributed by atoms with Crippen LogP contribution in [0, 0.1) is 12.8 Å². The Hall–Kier alpha value is -2.72. The number of piperazine rings is 1. The highest BCUT2D eigenvalue weighted by Crippen LogP contribution is 2.41. The fraction of sp³-hybridized carbons (Fsp3) is 0.500. The number of thiophene rings is 1. The Morgan fingerprint density at radius 2 is 1.86 bits per heavy atom. The van der Waals surface area contributed by atoms with E-state index in [4.69, 9.17) is 9.97 Å². The third kappa shape index (κ3) is 4.93. The maximum absolute atomic E-state index is 12.8. The molecular weight excluding hydrogens is 494 g/mol. The second-order valence-electron chi connectivity index (χ2n) is 9.94. The number of nitrogens with one attached hydrogen (secondary N) is 1. The van der Waals surface area contributed by atoms with Crippen LogP contribution in [0.25, 0.3) is 10.2 Å². The van der Waals surface area contributed by atoms with Gasteiger partial charge in [0.25, 0.3) is 10.0 Å². The fourth-order valence-corrected chi connectivity index (χ4v) is 7.37. The summed E-state index contributed by atoms with van der Waals surface area (Å²) in [6, 6.07) is 5.88. The van der Waals surface area contributed by atoms with E-state index < -0.39 is 16.1 Å². The van der Waals surface area contributed by atoms with Gasteiger partial charge in [-0.25, -0.2) is 27.9 Å². The van der Waals surface area contributed by atoms with Crippen molar-refractivity contribution in [3.05, 3.63) is 46.1 Å². The summed E-state index contributed by atoms with van der Waals surface area (Å²) >= 11 is 1.81. The van der Waals surface area contributed by atoms with E-state index in [0.29, 0.717) is 32.1 Å². The van der Waals surface area contributed by atoms with Crippen molar-refractivity contribution in [2.24, 2.45) is 5.92 Å². The zero-order valence-electron chi connectivity index (χ0n) is 21.1. The summed E-state index contributed by atoms with van der Waals surface area (Å²) in [5, 5.41) is 1.18. The Morgan fingerprint density at radius 1 is 1.14 bits per heavy atom. The van der Waals surface area contributed by atoms with Crippen molar-refractivity contribution >= 4 is 43.4 Å². The molecule has 10 heteroatoms. The number of amides is 2. The predicted octanol–water partition coefficient (Wildman–Crippen LogP) is 4.30. The van der Waals surface area contributed by atoms with Crippen molar-refractivity contribution in [2.45, 2.75) is 57.8 Å². The van der Waals surface area contributed by atoms with Gasteiger partial charge in [0, 0.05) is 37.5 Å². The Kier molecular flexibility index (Phi) is 6.91. The first-order valence-electron chi connectivity index (χ1n) is 12.7. The van der Waals surface area contributed by atoms with Crippen molar-refractivity contribution in [3.63, 3.8) is 0 Å². The van der Waals surface area contributed by atoms with Crippen molar-refractivity contribution in [2.75, 3.05) is 31.1 Å². The van der Waals surface area contributed by atoms with Gasteiger partial charge < -0.3 is 9.80 Å². The predicted molar refractivity (Wildman–Crippen MR) is 143 cm³/mol. The van der Waals surface area contributed by atoms with Crippen LogP contribution in [0.1, 0.15) is 48.5 Å². The molecule has 2 aliphatic rings. The molecule has 8 nitrogen and oxygen atoms in total. The molecule has 1 aliphatic carbocycles. The van der Waals surface area contributed by atoms with Crippen LogP contribution in [0.15, 0.2) is 29.2 Å². The number of fused-ring (bicyclic) bond motifs is 3. The van der Waals surface area contributed by atoms with Crippen LogP contribution >= 0.6 is 11.3 Å². The second kappa shape index (κ2) is 9.97. The minimum Gasteiger partial charge on any atom is -0.352 e. The first-order chi connectivity index (χ1) is 17.2. The topological polar surface area (TPSA) is 95.5 Å². The smallest absolute Gasteiger partial charge is 0.331 e. The van der Waals surface area contributed by atoms with Gasteiger partial charge in [-0.2, -0.15) is 0 Å². The molecule has 192 valence electrons. The van der Waals surface area contributed by atoms with Gasteiger partial charge in [-0.3, -0.25) is 0 Å². The molecule has 3 aromatic rings. The standard InChI is InChI=1S/C26H33N5O3S2/c1-4-5-22-27-24(23-20-11-8-18(3)16-21(20)35-25(23)28-22)30-12-14-31(15-13-30)26(32)29-36(33,34)19-9-6-17(2)7-10-19/h6-7,9-10,18H,4-5,8,11-16H2,1-3H3,(H,29,32)/t18-/m0/s1. The van der Waals surface area contributed by atoms with E-state index in [2.05, 4.69) is 23.5 Å². The highest BCUT2D eigenvalue weighted by Gasteiger charge is 2.30. The number of carbonyl (C=O) groups excluding carboxylic acids is 1. The lowest BCUT2D eigenvalue weighted by molar-refractivity contribution is 0.200. The zero-order chi connectivity index (χ0) is 25.4. The molecule has 0 unspecified atom stereocenters. The number of anilines is 1. The lowest BCUT2D eigenvalue weighted by Crippen LogP contribution is -2.53. The Morgan fingerprint density at radius 3 is 2.56 bits per heavy atom. The SMILES string of the molecule is CCCc1nc(N2CCN(C(=O)NS(=O)(=O)c3ccc(C)cc3)CC2)c2c3c(sc2n1)C[C@@H](C)CC3. The molecule has 2 aromatic heterocycles.